The Kier molecular flexibility index (Phi) is 5.07. The molecule has 1 aromatic rings. The van der Waals surface area contributed by atoms with E-state index in [2.05, 4.69) is 25.0 Å². The molecule has 4 saturated carbocycles. The first-order chi connectivity index (χ1) is 14.8. The third-order valence-electron chi connectivity index (χ3n) is 10.2. The number of aromatic nitrogens is 2. The second kappa shape index (κ2) is 7.42. The maximum Gasteiger partial charge on any atom is 0.157 e. The maximum atomic E-state index is 16.4. The molecule has 4 aliphatic carbocycles. The van der Waals surface area contributed by atoms with Crippen molar-refractivity contribution in [1.82, 2.24) is 9.78 Å². The standard InChI is InChI=1S/C26H36FN3O/c1-16-8-11-26(27)19(12-16)4-5-20-21-6-7-23(25(21,3)10-9-22(20)26)24(31)15-30-17(2)18(13-28)14-29-30/h14,16,19-23H,4-12,15H2,1-3H3. The van der Waals surface area contributed by atoms with Crippen molar-refractivity contribution in [1.29, 1.82) is 5.26 Å². The highest BCUT2D eigenvalue weighted by Gasteiger charge is 2.62. The SMILES string of the molecule is Cc1c(C#N)cnn1CC(=O)C1CCC2C3CCC4CC(C)CCC4(F)C3CCC12C. The number of fused-ring (bicyclic) bond motifs is 5. The van der Waals surface area contributed by atoms with Gasteiger partial charge in [0.05, 0.1) is 17.5 Å². The summed E-state index contributed by atoms with van der Waals surface area (Å²) >= 11 is 0. The summed E-state index contributed by atoms with van der Waals surface area (Å²) < 4.78 is 18.1. The van der Waals surface area contributed by atoms with Crippen molar-refractivity contribution in [2.24, 2.45) is 40.9 Å². The van der Waals surface area contributed by atoms with E-state index in [4.69, 9.17) is 0 Å². The van der Waals surface area contributed by atoms with Gasteiger partial charge >= 0.3 is 0 Å². The maximum absolute atomic E-state index is 16.4. The molecular formula is C26H36FN3O. The molecule has 4 aliphatic rings. The molecule has 5 heteroatoms. The average molecular weight is 426 g/mol. The summed E-state index contributed by atoms with van der Waals surface area (Å²) in [5, 5.41) is 13.5. The van der Waals surface area contributed by atoms with Crippen LogP contribution in [-0.4, -0.2) is 21.2 Å². The van der Waals surface area contributed by atoms with Gasteiger partial charge in [-0.15, -0.1) is 0 Å². The number of hydrogen-bond acceptors (Lipinski definition) is 3. The molecule has 8 atom stereocenters. The van der Waals surface area contributed by atoms with Crippen LogP contribution in [-0.2, 0) is 11.3 Å². The summed E-state index contributed by atoms with van der Waals surface area (Å²) in [5.74, 6) is 2.33. The molecule has 0 aromatic carbocycles. The van der Waals surface area contributed by atoms with Crippen molar-refractivity contribution >= 4 is 5.78 Å². The monoisotopic (exact) mass is 425 g/mol. The Bertz CT molecular complexity index is 918. The van der Waals surface area contributed by atoms with E-state index in [0.717, 1.165) is 63.5 Å². The lowest BCUT2D eigenvalue weighted by atomic mass is 9.48. The van der Waals surface area contributed by atoms with E-state index in [9.17, 15) is 10.1 Å². The molecular weight excluding hydrogens is 389 g/mol. The predicted octanol–water partition coefficient (Wildman–Crippen LogP) is 5.63. The number of hydrogen-bond donors (Lipinski definition) is 0. The lowest BCUT2D eigenvalue weighted by Gasteiger charge is -2.58. The van der Waals surface area contributed by atoms with Crippen LogP contribution >= 0.6 is 0 Å². The quantitative estimate of drug-likeness (QED) is 0.631. The molecule has 168 valence electrons. The van der Waals surface area contributed by atoms with Crippen LogP contribution in [0.15, 0.2) is 6.20 Å². The third-order valence-corrected chi connectivity index (χ3v) is 10.2. The first-order valence-corrected chi connectivity index (χ1v) is 12.4. The van der Waals surface area contributed by atoms with Crippen LogP contribution in [0.5, 0.6) is 0 Å². The van der Waals surface area contributed by atoms with Crippen molar-refractivity contribution in [3.63, 3.8) is 0 Å². The molecule has 8 unspecified atom stereocenters. The van der Waals surface area contributed by atoms with Crippen molar-refractivity contribution in [2.45, 2.75) is 90.8 Å². The van der Waals surface area contributed by atoms with E-state index in [1.807, 2.05) is 6.92 Å². The number of carbonyl (C=O) groups is 1. The van der Waals surface area contributed by atoms with Gasteiger partial charge in [-0.3, -0.25) is 9.48 Å². The van der Waals surface area contributed by atoms with Crippen LogP contribution in [0.4, 0.5) is 4.39 Å². The van der Waals surface area contributed by atoms with Gasteiger partial charge in [-0.25, -0.2) is 4.39 Å². The molecule has 0 radical (unpaired) electrons. The Morgan fingerprint density at radius 3 is 2.77 bits per heavy atom. The Labute approximate surface area is 185 Å². The number of nitriles is 1. The molecule has 0 spiro atoms. The summed E-state index contributed by atoms with van der Waals surface area (Å²) in [6, 6.07) is 2.14. The van der Waals surface area contributed by atoms with Crippen LogP contribution < -0.4 is 0 Å². The van der Waals surface area contributed by atoms with Crippen molar-refractivity contribution in [3.05, 3.63) is 17.5 Å². The van der Waals surface area contributed by atoms with Gasteiger partial charge in [0.15, 0.2) is 5.78 Å². The Balaban J connectivity index is 1.35. The van der Waals surface area contributed by atoms with Crippen LogP contribution in [0.25, 0.3) is 0 Å². The number of nitrogens with zero attached hydrogens (tertiary/aromatic N) is 3. The number of alkyl halides is 1. The number of ketones is 1. The first kappa shape index (κ1) is 21.2. The van der Waals surface area contributed by atoms with E-state index in [0.29, 0.717) is 23.3 Å². The zero-order valence-corrected chi connectivity index (χ0v) is 19.2. The highest BCUT2D eigenvalue weighted by atomic mass is 19.1. The molecule has 0 N–H and O–H groups in total. The van der Waals surface area contributed by atoms with Crippen molar-refractivity contribution < 1.29 is 9.18 Å². The van der Waals surface area contributed by atoms with E-state index >= 15 is 4.39 Å². The molecule has 0 saturated heterocycles. The van der Waals surface area contributed by atoms with Crippen LogP contribution in [0.2, 0.25) is 0 Å². The lowest BCUT2D eigenvalue weighted by Crippen LogP contribution is -2.56. The van der Waals surface area contributed by atoms with E-state index in [1.54, 1.807) is 10.9 Å². The van der Waals surface area contributed by atoms with Crippen molar-refractivity contribution in [2.75, 3.05) is 0 Å². The van der Waals surface area contributed by atoms with Crippen LogP contribution in [0, 0.1) is 59.2 Å². The fourth-order valence-electron chi connectivity index (χ4n) is 8.50. The van der Waals surface area contributed by atoms with Gasteiger partial charge in [-0.1, -0.05) is 13.8 Å². The Morgan fingerprint density at radius 2 is 2.03 bits per heavy atom. The van der Waals surface area contributed by atoms with E-state index in [-0.39, 0.29) is 35.5 Å². The fourth-order valence-corrected chi connectivity index (χ4v) is 8.50. The zero-order chi connectivity index (χ0) is 22.0. The minimum absolute atomic E-state index is 0.0114. The average Bonchev–Trinajstić information content (AvgIpc) is 3.28. The highest BCUT2D eigenvalue weighted by molar-refractivity contribution is 5.82. The number of rotatable bonds is 3. The topological polar surface area (TPSA) is 58.7 Å². The normalized spacial score (nSPS) is 44.1. The predicted molar refractivity (Wildman–Crippen MR) is 117 cm³/mol. The summed E-state index contributed by atoms with van der Waals surface area (Å²) in [7, 11) is 0. The van der Waals surface area contributed by atoms with Crippen LogP contribution in [0.3, 0.4) is 0 Å². The van der Waals surface area contributed by atoms with E-state index < -0.39 is 5.67 Å². The third kappa shape index (κ3) is 3.11. The Morgan fingerprint density at radius 1 is 1.23 bits per heavy atom. The number of carbonyl (C=O) groups excluding carboxylic acids is 1. The molecule has 0 aliphatic heterocycles. The second-order valence-electron chi connectivity index (χ2n) is 11.5. The van der Waals surface area contributed by atoms with Gasteiger partial charge in [-0.05, 0) is 99.7 Å². The first-order valence-electron chi connectivity index (χ1n) is 12.4. The number of Topliss-reactive ketones (excluding diaryl/α,β-unsaturated/α-hetero) is 1. The van der Waals surface area contributed by atoms with Crippen molar-refractivity contribution in [3.8, 4) is 6.07 Å². The lowest BCUT2D eigenvalue weighted by molar-refractivity contribution is -0.146. The molecule has 5 rings (SSSR count). The van der Waals surface area contributed by atoms with Gasteiger partial charge in [-0.2, -0.15) is 10.4 Å². The van der Waals surface area contributed by atoms with Gasteiger partial charge in [0.1, 0.15) is 18.3 Å². The molecule has 31 heavy (non-hydrogen) atoms. The second-order valence-corrected chi connectivity index (χ2v) is 11.5. The summed E-state index contributed by atoms with van der Waals surface area (Å²) in [6.07, 6.45) is 10.5. The number of halogens is 1. The molecule has 4 nitrogen and oxygen atoms in total. The molecule has 0 amide bonds. The van der Waals surface area contributed by atoms with Gasteiger partial charge < -0.3 is 0 Å². The van der Waals surface area contributed by atoms with Gasteiger partial charge in [0.25, 0.3) is 0 Å². The smallest absolute Gasteiger partial charge is 0.157 e. The van der Waals surface area contributed by atoms with Gasteiger partial charge in [0.2, 0.25) is 0 Å². The van der Waals surface area contributed by atoms with Crippen LogP contribution in [0.1, 0.15) is 82.9 Å². The molecule has 1 heterocycles. The highest BCUT2D eigenvalue weighted by Crippen LogP contribution is 2.66. The summed E-state index contributed by atoms with van der Waals surface area (Å²) in [5.41, 5.74) is 0.334. The summed E-state index contributed by atoms with van der Waals surface area (Å²) in [6.45, 7) is 6.71. The largest absolute Gasteiger partial charge is 0.297 e. The van der Waals surface area contributed by atoms with Gasteiger partial charge in [0, 0.05) is 5.92 Å². The molecule has 0 bridgehead atoms. The summed E-state index contributed by atoms with van der Waals surface area (Å²) in [4.78, 5) is 13.4. The minimum atomic E-state index is -0.960. The minimum Gasteiger partial charge on any atom is -0.297 e. The fraction of sp³-hybridized carbons (Fsp3) is 0.808. The van der Waals surface area contributed by atoms with E-state index in [1.165, 1.54) is 0 Å². The zero-order valence-electron chi connectivity index (χ0n) is 19.2. The molecule has 1 aromatic heterocycles. The molecule has 4 fully saturated rings. The Hall–Kier alpha value is -1.70.